The maximum atomic E-state index is 5.94. The summed E-state index contributed by atoms with van der Waals surface area (Å²) in [7, 11) is 1.66. The first-order chi connectivity index (χ1) is 10.3. The van der Waals surface area contributed by atoms with Crippen molar-refractivity contribution in [3.05, 3.63) is 36.4 Å². The summed E-state index contributed by atoms with van der Waals surface area (Å²) in [6.07, 6.45) is 5.05. The lowest BCUT2D eigenvalue weighted by Gasteiger charge is -2.15. The average molecular weight is 292 g/mol. The van der Waals surface area contributed by atoms with Crippen LogP contribution in [0, 0.1) is 0 Å². The Morgan fingerprint density at radius 3 is 2.95 bits per heavy atom. The van der Waals surface area contributed by atoms with E-state index in [-0.39, 0.29) is 6.10 Å². The van der Waals surface area contributed by atoms with Crippen LogP contribution >= 0.6 is 0 Å². The smallest absolute Gasteiger partial charge is 0.126 e. The Hall–Kier alpha value is -1.52. The summed E-state index contributed by atoms with van der Waals surface area (Å²) in [5.41, 5.74) is 1.11. The Kier molecular flexibility index (Phi) is 6.57. The molecule has 2 rings (SSSR count). The number of allylic oxidation sites excluding steroid dienone is 1. The van der Waals surface area contributed by atoms with Crippen LogP contribution in [0.2, 0.25) is 0 Å². The van der Waals surface area contributed by atoms with Gasteiger partial charge in [-0.15, -0.1) is 6.58 Å². The molecule has 4 nitrogen and oxygen atoms in total. The van der Waals surface area contributed by atoms with Gasteiger partial charge in [0.25, 0.3) is 0 Å². The zero-order valence-corrected chi connectivity index (χ0v) is 12.7. The molecule has 0 radical (unpaired) electrons. The third-order valence-corrected chi connectivity index (χ3v) is 3.41. The molecule has 0 spiro atoms. The lowest BCUT2D eigenvalue weighted by Crippen LogP contribution is -2.17. The van der Waals surface area contributed by atoms with Gasteiger partial charge in [0, 0.05) is 19.8 Å². The van der Waals surface area contributed by atoms with Crippen molar-refractivity contribution in [1.82, 2.24) is 0 Å². The monoisotopic (exact) mass is 292 g/mol. The second kappa shape index (κ2) is 8.70. The van der Waals surface area contributed by atoms with E-state index in [1.54, 1.807) is 7.11 Å². The number of rotatable bonds is 9. The van der Waals surface area contributed by atoms with Gasteiger partial charge < -0.3 is 18.9 Å². The summed E-state index contributed by atoms with van der Waals surface area (Å²) in [6, 6.07) is 5.91. The topological polar surface area (TPSA) is 36.9 Å². The average Bonchev–Trinajstić information content (AvgIpc) is 3.01. The molecule has 0 aliphatic carbocycles. The standard InChI is InChI=1S/C17H24O4/c1-3-5-14-7-8-15(20-11-10-18-2)12-17(14)21-13-16-6-4-9-19-16/h3,7-8,12,16H,1,4-6,9-11,13H2,2H3. The van der Waals surface area contributed by atoms with Crippen molar-refractivity contribution in [3.63, 3.8) is 0 Å². The van der Waals surface area contributed by atoms with Crippen molar-refractivity contribution in [2.24, 2.45) is 0 Å². The van der Waals surface area contributed by atoms with E-state index in [0.29, 0.717) is 19.8 Å². The van der Waals surface area contributed by atoms with E-state index < -0.39 is 0 Å². The van der Waals surface area contributed by atoms with Crippen LogP contribution in [-0.2, 0) is 15.9 Å². The minimum absolute atomic E-state index is 0.208. The molecule has 1 aromatic carbocycles. The van der Waals surface area contributed by atoms with E-state index >= 15 is 0 Å². The molecule has 1 aliphatic rings. The molecule has 1 aromatic rings. The van der Waals surface area contributed by atoms with E-state index in [9.17, 15) is 0 Å². The van der Waals surface area contributed by atoms with Gasteiger partial charge in [-0.05, 0) is 30.9 Å². The Bertz CT molecular complexity index is 438. The normalized spacial score (nSPS) is 17.7. The highest BCUT2D eigenvalue weighted by Crippen LogP contribution is 2.26. The van der Waals surface area contributed by atoms with E-state index in [0.717, 1.165) is 42.9 Å². The van der Waals surface area contributed by atoms with Crippen LogP contribution in [0.15, 0.2) is 30.9 Å². The van der Waals surface area contributed by atoms with Gasteiger partial charge in [-0.1, -0.05) is 12.1 Å². The van der Waals surface area contributed by atoms with E-state index in [1.807, 2.05) is 24.3 Å². The van der Waals surface area contributed by atoms with Crippen molar-refractivity contribution in [2.45, 2.75) is 25.4 Å². The highest BCUT2D eigenvalue weighted by Gasteiger charge is 2.17. The maximum Gasteiger partial charge on any atom is 0.126 e. The highest BCUT2D eigenvalue weighted by atomic mass is 16.5. The second-order valence-electron chi connectivity index (χ2n) is 5.05. The lowest BCUT2D eigenvalue weighted by molar-refractivity contribution is 0.0675. The molecule has 0 amide bonds. The number of methoxy groups -OCH3 is 1. The summed E-state index contributed by atoms with van der Waals surface area (Å²) in [4.78, 5) is 0. The fraction of sp³-hybridized carbons (Fsp3) is 0.529. The van der Waals surface area contributed by atoms with Crippen molar-refractivity contribution in [2.75, 3.05) is 33.5 Å². The molecule has 1 aliphatic heterocycles. The molecule has 1 unspecified atom stereocenters. The van der Waals surface area contributed by atoms with Gasteiger partial charge in [0.05, 0.1) is 12.7 Å². The molecule has 0 saturated carbocycles. The predicted octanol–water partition coefficient (Wildman–Crippen LogP) is 3.00. The molecular weight excluding hydrogens is 268 g/mol. The lowest BCUT2D eigenvalue weighted by atomic mass is 10.1. The molecule has 1 heterocycles. The number of benzene rings is 1. The summed E-state index contributed by atoms with van der Waals surface area (Å²) in [5.74, 6) is 1.64. The van der Waals surface area contributed by atoms with Gasteiger partial charge in [0.15, 0.2) is 0 Å². The predicted molar refractivity (Wildman–Crippen MR) is 82.2 cm³/mol. The van der Waals surface area contributed by atoms with Crippen LogP contribution in [0.1, 0.15) is 18.4 Å². The number of hydrogen-bond acceptors (Lipinski definition) is 4. The number of hydrogen-bond donors (Lipinski definition) is 0. The van der Waals surface area contributed by atoms with E-state index in [4.69, 9.17) is 18.9 Å². The molecule has 1 saturated heterocycles. The summed E-state index contributed by atoms with van der Waals surface area (Å²) in [6.45, 7) is 6.32. The van der Waals surface area contributed by atoms with Crippen LogP contribution in [0.3, 0.4) is 0 Å². The molecule has 1 fully saturated rings. The maximum absolute atomic E-state index is 5.94. The Morgan fingerprint density at radius 1 is 1.33 bits per heavy atom. The second-order valence-corrected chi connectivity index (χ2v) is 5.05. The molecule has 0 N–H and O–H groups in total. The van der Waals surface area contributed by atoms with Gasteiger partial charge >= 0.3 is 0 Å². The van der Waals surface area contributed by atoms with E-state index in [2.05, 4.69) is 6.58 Å². The Balaban J connectivity index is 1.98. The molecule has 116 valence electrons. The first-order valence-corrected chi connectivity index (χ1v) is 7.43. The third-order valence-electron chi connectivity index (χ3n) is 3.41. The first kappa shape index (κ1) is 15.9. The number of ether oxygens (including phenoxy) is 4. The fourth-order valence-corrected chi connectivity index (χ4v) is 2.28. The van der Waals surface area contributed by atoms with Crippen molar-refractivity contribution in [1.29, 1.82) is 0 Å². The van der Waals surface area contributed by atoms with Crippen molar-refractivity contribution >= 4 is 0 Å². The van der Waals surface area contributed by atoms with Gasteiger partial charge in [-0.3, -0.25) is 0 Å². The molecule has 0 aromatic heterocycles. The van der Waals surface area contributed by atoms with E-state index in [1.165, 1.54) is 0 Å². The Morgan fingerprint density at radius 2 is 2.24 bits per heavy atom. The minimum atomic E-state index is 0.208. The molecule has 21 heavy (non-hydrogen) atoms. The van der Waals surface area contributed by atoms with Gasteiger partial charge in [-0.2, -0.15) is 0 Å². The van der Waals surface area contributed by atoms with Crippen LogP contribution in [0.4, 0.5) is 0 Å². The van der Waals surface area contributed by atoms with Crippen LogP contribution in [0.25, 0.3) is 0 Å². The van der Waals surface area contributed by atoms with Gasteiger partial charge in [0.2, 0.25) is 0 Å². The van der Waals surface area contributed by atoms with Crippen molar-refractivity contribution < 1.29 is 18.9 Å². The SMILES string of the molecule is C=CCc1ccc(OCCOC)cc1OCC1CCCO1. The zero-order chi connectivity index (χ0) is 14.9. The third kappa shape index (κ3) is 5.06. The summed E-state index contributed by atoms with van der Waals surface area (Å²) < 4.78 is 22.1. The molecular formula is C17H24O4. The fourth-order valence-electron chi connectivity index (χ4n) is 2.28. The molecule has 4 heteroatoms. The van der Waals surface area contributed by atoms with Gasteiger partial charge in [-0.25, -0.2) is 0 Å². The highest BCUT2D eigenvalue weighted by molar-refractivity contribution is 5.41. The largest absolute Gasteiger partial charge is 0.491 e. The quantitative estimate of drug-likeness (QED) is 0.518. The van der Waals surface area contributed by atoms with Crippen LogP contribution < -0.4 is 9.47 Å². The molecule has 1 atom stereocenters. The molecule has 0 bridgehead atoms. The summed E-state index contributed by atoms with van der Waals surface area (Å²) >= 11 is 0. The van der Waals surface area contributed by atoms with Gasteiger partial charge in [0.1, 0.15) is 24.7 Å². The minimum Gasteiger partial charge on any atom is -0.491 e. The van der Waals surface area contributed by atoms with Crippen LogP contribution in [0.5, 0.6) is 11.5 Å². The zero-order valence-electron chi connectivity index (χ0n) is 12.7. The summed E-state index contributed by atoms with van der Waals surface area (Å²) in [5, 5.41) is 0. The first-order valence-electron chi connectivity index (χ1n) is 7.43. The van der Waals surface area contributed by atoms with Crippen LogP contribution in [-0.4, -0.2) is 39.6 Å². The van der Waals surface area contributed by atoms with Crippen molar-refractivity contribution in [3.8, 4) is 11.5 Å². The Labute approximate surface area is 126 Å².